The van der Waals surface area contributed by atoms with Crippen molar-refractivity contribution in [3.8, 4) is 5.75 Å². The van der Waals surface area contributed by atoms with Gasteiger partial charge in [-0.05, 0) is 37.6 Å². The van der Waals surface area contributed by atoms with Gasteiger partial charge in [-0.25, -0.2) is 0 Å². The fraction of sp³-hybridized carbons (Fsp3) is 0.571. The quantitative estimate of drug-likeness (QED) is 0.804. The first-order chi connectivity index (χ1) is 8.22. The molecule has 1 aliphatic heterocycles. The smallest absolute Gasteiger partial charge is 0.194 e. The van der Waals surface area contributed by atoms with Crippen LogP contribution in [-0.4, -0.2) is 19.8 Å². The van der Waals surface area contributed by atoms with Crippen molar-refractivity contribution in [2.45, 2.75) is 33.0 Å². The Bertz CT molecular complexity index is 381. The van der Waals surface area contributed by atoms with E-state index in [0.29, 0.717) is 19.8 Å². The van der Waals surface area contributed by atoms with Crippen LogP contribution in [0, 0.1) is 6.92 Å². The number of hydrogen-bond acceptors (Lipinski definition) is 3. The zero-order valence-electron chi connectivity index (χ0n) is 10.8. The standard InChI is InChI=1S/C14H20O3/c1-4-14(16-8-9-17-14)13-7-6-12(15-5-2)10-11(13)3/h6-7,10H,4-5,8-9H2,1-3H3. The second-order valence-electron chi connectivity index (χ2n) is 4.21. The molecule has 1 aliphatic rings. The average Bonchev–Trinajstić information content (AvgIpc) is 2.79. The zero-order chi connectivity index (χ0) is 12.3. The summed E-state index contributed by atoms with van der Waals surface area (Å²) in [6.45, 7) is 8.16. The van der Waals surface area contributed by atoms with Gasteiger partial charge in [0.05, 0.1) is 19.8 Å². The Morgan fingerprint density at radius 1 is 1.24 bits per heavy atom. The summed E-state index contributed by atoms with van der Waals surface area (Å²) in [7, 11) is 0. The molecule has 1 heterocycles. The van der Waals surface area contributed by atoms with Gasteiger partial charge in [0.15, 0.2) is 5.79 Å². The minimum atomic E-state index is -0.547. The zero-order valence-corrected chi connectivity index (χ0v) is 10.8. The number of rotatable bonds is 4. The van der Waals surface area contributed by atoms with E-state index in [1.165, 1.54) is 0 Å². The van der Waals surface area contributed by atoms with E-state index in [1.54, 1.807) is 0 Å². The van der Waals surface area contributed by atoms with Crippen LogP contribution in [0.15, 0.2) is 18.2 Å². The summed E-state index contributed by atoms with van der Waals surface area (Å²) in [6.07, 6.45) is 0.821. The van der Waals surface area contributed by atoms with Gasteiger partial charge in [-0.1, -0.05) is 6.92 Å². The average molecular weight is 236 g/mol. The molecule has 0 saturated carbocycles. The van der Waals surface area contributed by atoms with Gasteiger partial charge in [0, 0.05) is 12.0 Å². The molecule has 94 valence electrons. The molecule has 0 unspecified atom stereocenters. The van der Waals surface area contributed by atoms with Gasteiger partial charge in [0.2, 0.25) is 0 Å². The molecule has 0 atom stereocenters. The molecule has 0 amide bonds. The van der Waals surface area contributed by atoms with Crippen LogP contribution in [0.2, 0.25) is 0 Å². The van der Waals surface area contributed by atoms with Crippen LogP contribution in [0.3, 0.4) is 0 Å². The van der Waals surface area contributed by atoms with Crippen LogP contribution in [0.4, 0.5) is 0 Å². The molecule has 0 spiro atoms. The predicted octanol–water partition coefficient (Wildman–Crippen LogP) is 3.00. The van der Waals surface area contributed by atoms with Crippen LogP contribution in [-0.2, 0) is 15.3 Å². The third-order valence-corrected chi connectivity index (χ3v) is 3.14. The molecule has 0 radical (unpaired) electrons. The van der Waals surface area contributed by atoms with E-state index in [-0.39, 0.29) is 0 Å². The molecular weight excluding hydrogens is 216 g/mol. The molecule has 3 heteroatoms. The molecule has 0 aromatic heterocycles. The molecule has 0 aliphatic carbocycles. The summed E-state index contributed by atoms with van der Waals surface area (Å²) < 4.78 is 17.1. The number of benzene rings is 1. The third-order valence-electron chi connectivity index (χ3n) is 3.14. The SMILES string of the molecule is CCOc1ccc(C2(CC)OCCO2)c(C)c1. The molecule has 0 bridgehead atoms. The van der Waals surface area contributed by atoms with Crippen molar-refractivity contribution in [3.05, 3.63) is 29.3 Å². The van der Waals surface area contributed by atoms with Crippen molar-refractivity contribution in [2.75, 3.05) is 19.8 Å². The predicted molar refractivity (Wildman–Crippen MR) is 66.2 cm³/mol. The van der Waals surface area contributed by atoms with Crippen LogP contribution in [0.5, 0.6) is 5.75 Å². The van der Waals surface area contributed by atoms with Crippen molar-refractivity contribution >= 4 is 0 Å². The van der Waals surface area contributed by atoms with Gasteiger partial charge in [0.1, 0.15) is 5.75 Å². The molecule has 1 aromatic rings. The maximum atomic E-state index is 5.79. The lowest BCUT2D eigenvalue weighted by Crippen LogP contribution is -2.27. The lowest BCUT2D eigenvalue weighted by atomic mass is 9.98. The highest BCUT2D eigenvalue weighted by Crippen LogP contribution is 2.37. The maximum Gasteiger partial charge on any atom is 0.194 e. The summed E-state index contributed by atoms with van der Waals surface area (Å²) in [4.78, 5) is 0. The fourth-order valence-corrected chi connectivity index (χ4v) is 2.32. The highest BCUT2D eigenvalue weighted by molar-refractivity contribution is 5.37. The Balaban J connectivity index is 2.31. The molecular formula is C14H20O3. The van der Waals surface area contributed by atoms with Gasteiger partial charge < -0.3 is 14.2 Å². The van der Waals surface area contributed by atoms with E-state index < -0.39 is 5.79 Å². The lowest BCUT2D eigenvalue weighted by Gasteiger charge is -2.28. The third kappa shape index (κ3) is 2.31. The first kappa shape index (κ1) is 12.4. The Kier molecular flexibility index (Phi) is 3.69. The summed E-state index contributed by atoms with van der Waals surface area (Å²) in [5.41, 5.74) is 2.26. The fourth-order valence-electron chi connectivity index (χ4n) is 2.32. The van der Waals surface area contributed by atoms with Gasteiger partial charge in [-0.15, -0.1) is 0 Å². The van der Waals surface area contributed by atoms with Gasteiger partial charge in [-0.2, -0.15) is 0 Å². The normalized spacial score (nSPS) is 18.3. The summed E-state index contributed by atoms with van der Waals surface area (Å²) >= 11 is 0. The number of aryl methyl sites for hydroxylation is 1. The van der Waals surface area contributed by atoms with Crippen molar-refractivity contribution in [1.29, 1.82) is 0 Å². The summed E-state index contributed by atoms with van der Waals surface area (Å²) in [5.74, 6) is 0.354. The van der Waals surface area contributed by atoms with E-state index in [2.05, 4.69) is 19.9 Å². The van der Waals surface area contributed by atoms with Crippen molar-refractivity contribution in [1.82, 2.24) is 0 Å². The Hall–Kier alpha value is -1.06. The summed E-state index contributed by atoms with van der Waals surface area (Å²) in [6, 6.07) is 6.07. The highest BCUT2D eigenvalue weighted by Gasteiger charge is 2.37. The van der Waals surface area contributed by atoms with E-state index in [1.807, 2.05) is 19.1 Å². The first-order valence-corrected chi connectivity index (χ1v) is 6.23. The monoisotopic (exact) mass is 236 g/mol. The molecule has 1 saturated heterocycles. The number of ether oxygens (including phenoxy) is 3. The lowest BCUT2D eigenvalue weighted by molar-refractivity contribution is -0.167. The van der Waals surface area contributed by atoms with Gasteiger partial charge in [-0.3, -0.25) is 0 Å². The minimum Gasteiger partial charge on any atom is -0.494 e. The van der Waals surface area contributed by atoms with Gasteiger partial charge >= 0.3 is 0 Å². The van der Waals surface area contributed by atoms with E-state index in [4.69, 9.17) is 14.2 Å². The summed E-state index contributed by atoms with van der Waals surface area (Å²) in [5, 5.41) is 0. The topological polar surface area (TPSA) is 27.7 Å². The molecule has 17 heavy (non-hydrogen) atoms. The van der Waals surface area contributed by atoms with E-state index in [0.717, 1.165) is 23.3 Å². The molecule has 3 nitrogen and oxygen atoms in total. The Morgan fingerprint density at radius 3 is 2.47 bits per heavy atom. The number of hydrogen-bond donors (Lipinski definition) is 0. The molecule has 0 N–H and O–H groups in total. The van der Waals surface area contributed by atoms with Gasteiger partial charge in [0.25, 0.3) is 0 Å². The molecule has 1 aromatic carbocycles. The Morgan fingerprint density at radius 2 is 1.94 bits per heavy atom. The van der Waals surface area contributed by atoms with Crippen molar-refractivity contribution in [3.63, 3.8) is 0 Å². The van der Waals surface area contributed by atoms with Crippen molar-refractivity contribution < 1.29 is 14.2 Å². The van der Waals surface area contributed by atoms with Crippen LogP contribution >= 0.6 is 0 Å². The van der Waals surface area contributed by atoms with E-state index >= 15 is 0 Å². The first-order valence-electron chi connectivity index (χ1n) is 6.23. The highest BCUT2D eigenvalue weighted by atomic mass is 16.7. The minimum absolute atomic E-state index is 0.547. The van der Waals surface area contributed by atoms with E-state index in [9.17, 15) is 0 Å². The van der Waals surface area contributed by atoms with Crippen LogP contribution in [0.1, 0.15) is 31.4 Å². The second kappa shape index (κ2) is 5.07. The second-order valence-corrected chi connectivity index (χ2v) is 4.21. The van der Waals surface area contributed by atoms with Crippen LogP contribution in [0.25, 0.3) is 0 Å². The Labute approximate surface area is 103 Å². The largest absolute Gasteiger partial charge is 0.494 e. The van der Waals surface area contributed by atoms with Crippen molar-refractivity contribution in [2.24, 2.45) is 0 Å². The maximum absolute atomic E-state index is 5.79. The molecule has 1 fully saturated rings. The molecule has 2 rings (SSSR count). The van der Waals surface area contributed by atoms with Crippen LogP contribution < -0.4 is 4.74 Å².